The monoisotopic (exact) mass is 497 g/mol. The van der Waals surface area contributed by atoms with Crippen molar-refractivity contribution in [2.45, 2.75) is 32.0 Å². The molecule has 2 N–H and O–H groups in total. The van der Waals surface area contributed by atoms with Crippen LogP contribution in [0.2, 0.25) is 0 Å². The highest BCUT2D eigenvalue weighted by molar-refractivity contribution is 5.98. The van der Waals surface area contributed by atoms with Crippen LogP contribution >= 0.6 is 0 Å². The molecule has 12 heteroatoms. The van der Waals surface area contributed by atoms with Gasteiger partial charge in [0, 0.05) is 19.5 Å². The topological polar surface area (TPSA) is 93.5 Å². The number of carboxylic acid groups (broad SMARTS) is 1. The predicted molar refractivity (Wildman–Crippen MR) is 114 cm³/mol. The van der Waals surface area contributed by atoms with E-state index >= 15 is 0 Å². The van der Waals surface area contributed by atoms with Gasteiger partial charge >= 0.3 is 12.1 Å². The number of carbonyl (C=O) groups is 2. The Labute approximate surface area is 196 Å². The number of hydrogen-bond donors (Lipinski definition) is 2. The first-order valence-electron chi connectivity index (χ1n) is 10.1. The van der Waals surface area contributed by atoms with Gasteiger partial charge in [-0.05, 0) is 36.8 Å². The lowest BCUT2D eigenvalue weighted by atomic mass is 10.1. The zero-order valence-corrected chi connectivity index (χ0v) is 18.7. The van der Waals surface area contributed by atoms with Gasteiger partial charge in [-0.1, -0.05) is 24.3 Å². The Bertz CT molecular complexity index is 1250. The number of benzene rings is 2. The van der Waals surface area contributed by atoms with Crippen LogP contribution in [0.4, 0.5) is 22.0 Å². The van der Waals surface area contributed by atoms with E-state index in [2.05, 4.69) is 10.4 Å². The Morgan fingerprint density at radius 1 is 1.09 bits per heavy atom. The fourth-order valence-electron chi connectivity index (χ4n) is 3.24. The Kier molecular flexibility index (Phi) is 6.86. The first kappa shape index (κ1) is 25.7. The molecule has 3 rings (SSSR count). The van der Waals surface area contributed by atoms with Gasteiger partial charge in [0.05, 0.1) is 11.6 Å². The number of aryl methyl sites for hydroxylation is 1. The SMILES string of the molecule is CC(NC(=O)c1c(C(F)(F)F)nn(C)c1Oc1cccc(C(C)(F)F)c1)c1ccc(C(=O)O)cc1. The van der Waals surface area contributed by atoms with Crippen molar-refractivity contribution >= 4 is 11.9 Å². The number of nitrogens with one attached hydrogen (secondary N) is 1. The molecule has 0 spiro atoms. The van der Waals surface area contributed by atoms with E-state index in [1.54, 1.807) is 0 Å². The van der Waals surface area contributed by atoms with E-state index in [0.717, 1.165) is 19.2 Å². The van der Waals surface area contributed by atoms with Gasteiger partial charge in [0.15, 0.2) is 5.69 Å². The normalized spacial score (nSPS) is 12.8. The van der Waals surface area contributed by atoms with Crippen LogP contribution in [0.1, 0.15) is 57.4 Å². The molecule has 35 heavy (non-hydrogen) atoms. The average Bonchev–Trinajstić information content (AvgIpc) is 3.10. The lowest BCUT2D eigenvalue weighted by molar-refractivity contribution is -0.141. The first-order valence-corrected chi connectivity index (χ1v) is 10.1. The highest BCUT2D eigenvalue weighted by Gasteiger charge is 2.42. The molecule has 1 aromatic heterocycles. The van der Waals surface area contributed by atoms with Crippen molar-refractivity contribution in [3.63, 3.8) is 0 Å². The van der Waals surface area contributed by atoms with Gasteiger partial charge in [0.25, 0.3) is 11.8 Å². The summed E-state index contributed by atoms with van der Waals surface area (Å²) in [6.45, 7) is 2.14. The number of carbonyl (C=O) groups excluding carboxylic acids is 1. The third-order valence-corrected chi connectivity index (χ3v) is 5.05. The number of halogens is 5. The maximum Gasteiger partial charge on any atom is 0.436 e. The van der Waals surface area contributed by atoms with Gasteiger partial charge < -0.3 is 15.2 Å². The van der Waals surface area contributed by atoms with Crippen LogP contribution < -0.4 is 10.1 Å². The summed E-state index contributed by atoms with van der Waals surface area (Å²) in [5.74, 6) is -6.38. The second-order valence-electron chi connectivity index (χ2n) is 7.79. The third-order valence-electron chi connectivity index (χ3n) is 5.05. The van der Waals surface area contributed by atoms with Crippen LogP contribution in [0.5, 0.6) is 11.6 Å². The van der Waals surface area contributed by atoms with Crippen LogP contribution in [0.3, 0.4) is 0 Å². The minimum Gasteiger partial charge on any atom is -0.478 e. The standard InChI is InChI=1S/C23H20F5N3O4/c1-12(13-7-9-14(10-8-13)21(33)34)29-19(32)17-18(23(26,27)28)30-31(3)20(17)35-16-6-4-5-15(11-16)22(2,24)25/h4-12H,1-3H3,(H,29,32)(H,33,34). The molecule has 0 aliphatic carbocycles. The summed E-state index contributed by atoms with van der Waals surface area (Å²) in [6, 6.07) is 9.16. The van der Waals surface area contributed by atoms with Gasteiger partial charge in [0.2, 0.25) is 5.88 Å². The third kappa shape index (κ3) is 5.76. The molecule has 7 nitrogen and oxygen atoms in total. The number of aromatic carboxylic acids is 1. The molecular weight excluding hydrogens is 477 g/mol. The van der Waals surface area contributed by atoms with Gasteiger partial charge in [0.1, 0.15) is 11.3 Å². The number of ether oxygens (including phenoxy) is 1. The number of rotatable bonds is 7. The summed E-state index contributed by atoms with van der Waals surface area (Å²) >= 11 is 0. The van der Waals surface area contributed by atoms with Crippen LogP contribution in [0.15, 0.2) is 48.5 Å². The maximum atomic E-state index is 13.7. The largest absolute Gasteiger partial charge is 0.478 e. The van der Waals surface area contributed by atoms with E-state index in [0.29, 0.717) is 17.2 Å². The second kappa shape index (κ2) is 9.35. The lowest BCUT2D eigenvalue weighted by Gasteiger charge is -2.16. The average molecular weight is 497 g/mol. The quantitative estimate of drug-likeness (QED) is 0.419. The zero-order chi connectivity index (χ0) is 26.1. The van der Waals surface area contributed by atoms with Crippen LogP contribution in [-0.2, 0) is 19.1 Å². The number of alkyl halides is 5. The fourth-order valence-corrected chi connectivity index (χ4v) is 3.24. The predicted octanol–water partition coefficient (Wildman–Crippen LogP) is 5.53. The van der Waals surface area contributed by atoms with Crippen molar-refractivity contribution in [3.05, 3.63) is 76.5 Å². The molecule has 0 saturated carbocycles. The molecule has 0 aliphatic rings. The number of carboxylic acids is 1. The molecule has 0 bridgehead atoms. The molecule has 186 valence electrons. The zero-order valence-electron chi connectivity index (χ0n) is 18.7. The minimum absolute atomic E-state index is 0.00512. The number of aromatic nitrogens is 2. The summed E-state index contributed by atoms with van der Waals surface area (Å²) in [5.41, 5.74) is -2.45. The Hall–Kier alpha value is -3.96. The van der Waals surface area contributed by atoms with Crippen LogP contribution in [-0.4, -0.2) is 26.8 Å². The van der Waals surface area contributed by atoms with E-state index < -0.39 is 52.7 Å². The van der Waals surface area contributed by atoms with Crippen molar-refractivity contribution in [2.75, 3.05) is 0 Å². The fraction of sp³-hybridized carbons (Fsp3) is 0.261. The number of hydrogen-bond acceptors (Lipinski definition) is 4. The molecule has 1 amide bonds. The van der Waals surface area contributed by atoms with Gasteiger partial charge in [-0.25, -0.2) is 18.3 Å². The van der Waals surface area contributed by atoms with Crippen molar-refractivity contribution in [1.82, 2.24) is 15.1 Å². The summed E-state index contributed by atoms with van der Waals surface area (Å²) in [4.78, 5) is 24.0. The first-order chi connectivity index (χ1) is 16.2. The van der Waals surface area contributed by atoms with E-state index in [9.17, 15) is 31.5 Å². The molecule has 3 aromatic rings. The van der Waals surface area contributed by atoms with Crippen molar-refractivity contribution in [2.24, 2.45) is 7.05 Å². The Morgan fingerprint density at radius 2 is 1.71 bits per heavy atom. The van der Waals surface area contributed by atoms with Gasteiger partial charge in [-0.15, -0.1) is 0 Å². The van der Waals surface area contributed by atoms with Crippen LogP contribution in [0, 0.1) is 0 Å². The molecule has 2 aromatic carbocycles. The van der Waals surface area contributed by atoms with E-state index in [4.69, 9.17) is 9.84 Å². The van der Waals surface area contributed by atoms with Gasteiger partial charge in [-0.3, -0.25) is 4.79 Å². The molecule has 0 saturated heterocycles. The maximum absolute atomic E-state index is 13.7. The number of nitrogens with zero attached hydrogens (tertiary/aromatic N) is 2. The van der Waals surface area contributed by atoms with E-state index in [-0.39, 0.29) is 11.3 Å². The Morgan fingerprint density at radius 3 is 2.26 bits per heavy atom. The van der Waals surface area contributed by atoms with E-state index in [1.165, 1.54) is 43.3 Å². The van der Waals surface area contributed by atoms with Gasteiger partial charge in [-0.2, -0.15) is 18.3 Å². The smallest absolute Gasteiger partial charge is 0.436 e. The highest BCUT2D eigenvalue weighted by atomic mass is 19.4. The second-order valence-corrected chi connectivity index (χ2v) is 7.79. The van der Waals surface area contributed by atoms with Crippen molar-refractivity contribution in [3.8, 4) is 11.6 Å². The minimum atomic E-state index is -5.02. The molecule has 1 unspecified atom stereocenters. The number of amides is 1. The molecule has 1 heterocycles. The van der Waals surface area contributed by atoms with Crippen molar-refractivity contribution in [1.29, 1.82) is 0 Å². The molecule has 1 atom stereocenters. The Balaban J connectivity index is 1.97. The summed E-state index contributed by atoms with van der Waals surface area (Å²) in [6.07, 6.45) is -5.02. The molecule has 0 fully saturated rings. The summed E-state index contributed by atoms with van der Waals surface area (Å²) < 4.78 is 74.5. The summed E-state index contributed by atoms with van der Waals surface area (Å²) in [7, 11) is 1.12. The highest BCUT2D eigenvalue weighted by Crippen LogP contribution is 2.38. The van der Waals surface area contributed by atoms with Crippen molar-refractivity contribution < 1.29 is 41.4 Å². The molecular formula is C23H20F5N3O4. The molecule has 0 radical (unpaired) electrons. The van der Waals surface area contributed by atoms with Crippen LogP contribution in [0.25, 0.3) is 0 Å². The summed E-state index contributed by atoms with van der Waals surface area (Å²) in [5, 5.41) is 14.8. The van der Waals surface area contributed by atoms with E-state index in [1.807, 2.05) is 0 Å². The molecule has 0 aliphatic heterocycles. The lowest BCUT2D eigenvalue weighted by Crippen LogP contribution is -2.28.